The van der Waals surface area contributed by atoms with E-state index in [0.29, 0.717) is 6.42 Å². The van der Waals surface area contributed by atoms with E-state index in [1.54, 1.807) is 6.07 Å². The van der Waals surface area contributed by atoms with Crippen molar-refractivity contribution in [2.24, 2.45) is 5.14 Å². The molecule has 0 aliphatic carbocycles. The lowest BCUT2D eigenvalue weighted by molar-refractivity contribution is 0.595. The quantitative estimate of drug-likeness (QED) is 0.835. The molecule has 0 aliphatic rings. The molecule has 3 nitrogen and oxygen atoms in total. The fraction of sp³-hybridized carbons (Fsp3) is 0.571. The van der Waals surface area contributed by atoms with Crippen molar-refractivity contribution in [3.8, 4) is 0 Å². The molecule has 0 radical (unpaired) electrons. The maximum absolute atomic E-state index is 11.8. The second-order valence-electron chi connectivity index (χ2n) is 4.77. The zero-order valence-electron chi connectivity index (χ0n) is 11.6. The lowest BCUT2D eigenvalue weighted by Gasteiger charge is -2.15. The minimum Gasteiger partial charge on any atom is -0.225 e. The number of primary sulfonamides is 1. The van der Waals surface area contributed by atoms with Gasteiger partial charge in [0.25, 0.3) is 0 Å². The molecule has 0 saturated carbocycles. The van der Waals surface area contributed by atoms with E-state index in [2.05, 4.69) is 13.8 Å². The number of unbranched alkanes of at least 4 members (excludes halogenated alkanes) is 2. The van der Waals surface area contributed by atoms with E-state index in [0.717, 1.165) is 43.2 Å². The molecular weight excluding hydrogens is 282 g/mol. The van der Waals surface area contributed by atoms with Crippen molar-refractivity contribution in [1.82, 2.24) is 0 Å². The number of sulfonamides is 1. The Balaban J connectivity index is 3.32. The van der Waals surface area contributed by atoms with Gasteiger partial charge in [0.2, 0.25) is 10.0 Å². The third kappa shape index (κ3) is 4.48. The summed E-state index contributed by atoms with van der Waals surface area (Å²) in [6.07, 6.45) is 5.62. The number of benzene rings is 1. The van der Waals surface area contributed by atoms with Crippen LogP contribution in [0.2, 0.25) is 5.02 Å². The van der Waals surface area contributed by atoms with Gasteiger partial charge in [-0.15, -0.1) is 0 Å². The van der Waals surface area contributed by atoms with Crippen molar-refractivity contribution in [1.29, 1.82) is 0 Å². The molecule has 0 heterocycles. The van der Waals surface area contributed by atoms with Gasteiger partial charge in [-0.05, 0) is 42.9 Å². The van der Waals surface area contributed by atoms with Crippen molar-refractivity contribution < 1.29 is 8.42 Å². The molecule has 5 heteroatoms. The van der Waals surface area contributed by atoms with Crippen molar-refractivity contribution in [2.45, 2.75) is 57.3 Å². The average molecular weight is 304 g/mol. The van der Waals surface area contributed by atoms with Gasteiger partial charge in [0, 0.05) is 0 Å². The first-order valence-corrected chi connectivity index (χ1v) is 8.67. The van der Waals surface area contributed by atoms with Gasteiger partial charge in [0.1, 0.15) is 4.90 Å². The van der Waals surface area contributed by atoms with Crippen molar-refractivity contribution in [2.75, 3.05) is 0 Å². The van der Waals surface area contributed by atoms with Crippen LogP contribution in [0.5, 0.6) is 0 Å². The van der Waals surface area contributed by atoms with Gasteiger partial charge in [-0.25, -0.2) is 13.6 Å². The first-order chi connectivity index (χ1) is 8.91. The van der Waals surface area contributed by atoms with E-state index >= 15 is 0 Å². The minimum absolute atomic E-state index is 0.121. The SMILES string of the molecule is CCCCc1ccc(Cl)c(S(N)(=O)=O)c1CCCC. The third-order valence-electron chi connectivity index (χ3n) is 3.17. The van der Waals surface area contributed by atoms with Crippen LogP contribution in [0.4, 0.5) is 0 Å². The van der Waals surface area contributed by atoms with Crippen LogP contribution in [0.25, 0.3) is 0 Å². The summed E-state index contributed by atoms with van der Waals surface area (Å²) >= 11 is 6.04. The molecule has 0 atom stereocenters. The van der Waals surface area contributed by atoms with Crippen LogP contribution in [0.15, 0.2) is 17.0 Å². The number of aryl methyl sites for hydroxylation is 1. The molecule has 1 rings (SSSR count). The fourth-order valence-electron chi connectivity index (χ4n) is 2.18. The highest BCUT2D eigenvalue weighted by Crippen LogP contribution is 2.29. The summed E-state index contributed by atoms with van der Waals surface area (Å²) in [4.78, 5) is 0.121. The van der Waals surface area contributed by atoms with Gasteiger partial charge in [0.15, 0.2) is 0 Å². The molecule has 0 spiro atoms. The highest BCUT2D eigenvalue weighted by molar-refractivity contribution is 7.89. The van der Waals surface area contributed by atoms with Gasteiger partial charge in [-0.3, -0.25) is 0 Å². The fourth-order valence-corrected chi connectivity index (χ4v) is 3.59. The lowest BCUT2D eigenvalue weighted by Crippen LogP contribution is -2.16. The van der Waals surface area contributed by atoms with Gasteiger partial charge in [-0.2, -0.15) is 0 Å². The van der Waals surface area contributed by atoms with Gasteiger partial charge in [-0.1, -0.05) is 44.4 Å². The molecule has 0 unspecified atom stereocenters. The van der Waals surface area contributed by atoms with E-state index in [-0.39, 0.29) is 9.92 Å². The Labute approximate surface area is 121 Å². The highest BCUT2D eigenvalue weighted by Gasteiger charge is 2.20. The predicted octanol–water partition coefficient (Wildman–Crippen LogP) is 3.67. The summed E-state index contributed by atoms with van der Waals surface area (Å²) < 4.78 is 23.5. The van der Waals surface area contributed by atoms with Crippen LogP contribution >= 0.6 is 11.6 Å². The Kier molecular flexibility index (Phi) is 6.30. The number of nitrogens with two attached hydrogens (primary N) is 1. The molecule has 1 aromatic carbocycles. The number of halogens is 1. The smallest absolute Gasteiger partial charge is 0.225 e. The van der Waals surface area contributed by atoms with Crippen LogP contribution in [0.3, 0.4) is 0 Å². The topological polar surface area (TPSA) is 60.2 Å². The zero-order valence-corrected chi connectivity index (χ0v) is 13.1. The van der Waals surface area contributed by atoms with E-state index in [1.807, 2.05) is 6.07 Å². The van der Waals surface area contributed by atoms with Crippen molar-refractivity contribution >= 4 is 21.6 Å². The molecule has 0 aliphatic heterocycles. The summed E-state index contributed by atoms with van der Waals surface area (Å²) in [6, 6.07) is 3.57. The molecule has 2 N–H and O–H groups in total. The third-order valence-corrected chi connectivity index (χ3v) is 4.64. The molecule has 1 aromatic rings. The molecule has 0 saturated heterocycles. The molecule has 108 valence electrons. The first-order valence-electron chi connectivity index (χ1n) is 6.74. The van der Waals surface area contributed by atoms with Crippen LogP contribution in [-0.2, 0) is 22.9 Å². The summed E-state index contributed by atoms with van der Waals surface area (Å²) in [7, 11) is -3.77. The normalized spacial score (nSPS) is 11.8. The van der Waals surface area contributed by atoms with Crippen molar-refractivity contribution in [3.05, 3.63) is 28.3 Å². The van der Waals surface area contributed by atoms with Crippen LogP contribution in [0, 0.1) is 0 Å². The molecule has 0 aromatic heterocycles. The van der Waals surface area contributed by atoms with E-state index in [9.17, 15) is 8.42 Å². The van der Waals surface area contributed by atoms with Crippen LogP contribution < -0.4 is 5.14 Å². The summed E-state index contributed by atoms with van der Waals surface area (Å²) in [5.74, 6) is 0. The Morgan fingerprint density at radius 1 is 1.11 bits per heavy atom. The molecule has 0 fully saturated rings. The van der Waals surface area contributed by atoms with Crippen LogP contribution in [0.1, 0.15) is 50.7 Å². The first kappa shape index (κ1) is 16.5. The zero-order chi connectivity index (χ0) is 14.5. The minimum atomic E-state index is -3.77. The maximum Gasteiger partial charge on any atom is 0.239 e. The van der Waals surface area contributed by atoms with Gasteiger partial charge in [0.05, 0.1) is 5.02 Å². The molecule has 19 heavy (non-hydrogen) atoms. The van der Waals surface area contributed by atoms with Gasteiger partial charge >= 0.3 is 0 Å². The lowest BCUT2D eigenvalue weighted by atomic mass is 9.98. The Morgan fingerprint density at radius 2 is 1.68 bits per heavy atom. The molecule has 0 bridgehead atoms. The number of hydrogen-bond donors (Lipinski definition) is 1. The monoisotopic (exact) mass is 303 g/mol. The summed E-state index contributed by atoms with van der Waals surface area (Å²) in [5, 5.41) is 5.55. The largest absolute Gasteiger partial charge is 0.239 e. The Hall–Kier alpha value is -0.580. The number of hydrogen-bond acceptors (Lipinski definition) is 2. The predicted molar refractivity (Wildman–Crippen MR) is 80.0 cm³/mol. The molecular formula is C14H22ClNO2S. The average Bonchev–Trinajstić information content (AvgIpc) is 2.33. The summed E-state index contributed by atoms with van der Waals surface area (Å²) in [6.45, 7) is 4.19. The van der Waals surface area contributed by atoms with E-state index < -0.39 is 10.0 Å². The second kappa shape index (κ2) is 7.27. The Morgan fingerprint density at radius 3 is 2.21 bits per heavy atom. The number of rotatable bonds is 7. The Bertz CT molecular complexity index is 526. The van der Waals surface area contributed by atoms with Crippen molar-refractivity contribution in [3.63, 3.8) is 0 Å². The summed E-state index contributed by atoms with van der Waals surface area (Å²) in [5.41, 5.74) is 1.87. The molecule has 0 amide bonds. The van der Waals surface area contributed by atoms with E-state index in [1.165, 1.54) is 0 Å². The standard InChI is InChI=1S/C14H22ClNO2S/c1-3-5-7-11-9-10-13(15)14(19(16,17)18)12(11)8-6-4-2/h9-10H,3-8H2,1-2H3,(H2,16,17,18). The van der Waals surface area contributed by atoms with E-state index in [4.69, 9.17) is 16.7 Å². The van der Waals surface area contributed by atoms with Crippen LogP contribution in [-0.4, -0.2) is 8.42 Å². The van der Waals surface area contributed by atoms with Gasteiger partial charge < -0.3 is 0 Å². The highest BCUT2D eigenvalue weighted by atomic mass is 35.5. The second-order valence-corrected chi connectivity index (χ2v) is 6.67. The maximum atomic E-state index is 11.8.